The summed E-state index contributed by atoms with van der Waals surface area (Å²) in [6, 6.07) is -1.95. The molecule has 1 fully saturated rings. The van der Waals surface area contributed by atoms with Crippen LogP contribution in [-0.2, 0) is 28.7 Å². The number of methoxy groups -OCH3 is 2. The van der Waals surface area contributed by atoms with Crippen LogP contribution in [0.15, 0.2) is 0 Å². The van der Waals surface area contributed by atoms with Gasteiger partial charge in [-0.25, -0.2) is 0 Å². The van der Waals surface area contributed by atoms with Crippen molar-refractivity contribution in [2.24, 2.45) is 11.7 Å². The van der Waals surface area contributed by atoms with E-state index in [0.717, 1.165) is 0 Å². The number of nitrogens with zero attached hydrogens (tertiary/aromatic N) is 1. The van der Waals surface area contributed by atoms with Crippen LogP contribution >= 0.6 is 0 Å². The van der Waals surface area contributed by atoms with Crippen LogP contribution in [0.4, 0.5) is 0 Å². The number of nitrogens with one attached hydrogen (secondary N) is 2. The van der Waals surface area contributed by atoms with Gasteiger partial charge in [-0.2, -0.15) is 0 Å². The van der Waals surface area contributed by atoms with E-state index >= 15 is 0 Å². The lowest BCUT2D eigenvalue weighted by Gasteiger charge is -2.39. The molecule has 4 amide bonds. The Hall–Kier alpha value is -2.20. The molecule has 0 saturated carbocycles. The fraction of sp³-hybridized carbons (Fsp3) is 0.778. The normalized spacial score (nSPS) is 20.5. The molecule has 0 aliphatic carbocycles. The summed E-state index contributed by atoms with van der Waals surface area (Å²) >= 11 is 0. The van der Waals surface area contributed by atoms with E-state index in [1.54, 1.807) is 0 Å². The van der Waals surface area contributed by atoms with Crippen LogP contribution in [0.5, 0.6) is 0 Å². The van der Waals surface area contributed by atoms with Gasteiger partial charge in [-0.1, -0.05) is 13.8 Å². The zero-order valence-corrected chi connectivity index (χ0v) is 17.0. The highest BCUT2D eigenvalue weighted by molar-refractivity contribution is 5.92. The maximum absolute atomic E-state index is 12.9. The number of amides is 4. The molecule has 0 aromatic heterocycles. The Kier molecular flexibility index (Phi) is 9.88. The van der Waals surface area contributed by atoms with Crippen molar-refractivity contribution in [1.29, 1.82) is 0 Å². The van der Waals surface area contributed by atoms with Crippen LogP contribution in [0.3, 0.4) is 0 Å². The minimum absolute atomic E-state index is 0.0855. The average molecular weight is 400 g/mol. The Morgan fingerprint density at radius 1 is 1.14 bits per heavy atom. The summed E-state index contributed by atoms with van der Waals surface area (Å²) < 4.78 is 9.70. The SMILES string of the molecule is COCC(=O)N[C@H]1CCN(C(=O)COC)[C@H](C(=O)N[C@H](CC(C)C)C(N)=O)C1. The fourth-order valence-corrected chi connectivity index (χ4v) is 3.24. The highest BCUT2D eigenvalue weighted by Gasteiger charge is 2.37. The van der Waals surface area contributed by atoms with E-state index in [-0.39, 0.29) is 50.0 Å². The average Bonchev–Trinajstić information content (AvgIpc) is 2.60. The standard InChI is InChI=1S/C18H32N4O6/c1-11(2)7-13(17(19)25)21-18(26)14-8-12(20-15(23)9-27-3)5-6-22(14)16(24)10-28-4/h11-14H,5-10H2,1-4H3,(H2,19,25)(H,20,23)(H,21,26)/t12-,13+,14-/m0/s1. The van der Waals surface area contributed by atoms with Crippen LogP contribution in [0.25, 0.3) is 0 Å². The van der Waals surface area contributed by atoms with E-state index in [4.69, 9.17) is 15.2 Å². The number of ether oxygens (including phenoxy) is 2. The molecule has 0 radical (unpaired) electrons. The second kappa shape index (κ2) is 11.6. The molecule has 0 spiro atoms. The van der Waals surface area contributed by atoms with Gasteiger partial charge >= 0.3 is 0 Å². The molecule has 10 heteroatoms. The summed E-state index contributed by atoms with van der Waals surface area (Å²) in [7, 11) is 2.82. The number of piperidine rings is 1. The van der Waals surface area contributed by atoms with Crippen molar-refractivity contribution in [3.05, 3.63) is 0 Å². The number of hydrogen-bond donors (Lipinski definition) is 3. The van der Waals surface area contributed by atoms with Gasteiger partial charge in [-0.15, -0.1) is 0 Å². The maximum atomic E-state index is 12.9. The van der Waals surface area contributed by atoms with Gasteiger partial charge in [-0.3, -0.25) is 19.2 Å². The Morgan fingerprint density at radius 2 is 1.79 bits per heavy atom. The van der Waals surface area contributed by atoms with E-state index in [0.29, 0.717) is 12.8 Å². The van der Waals surface area contributed by atoms with Crippen molar-refractivity contribution >= 4 is 23.6 Å². The van der Waals surface area contributed by atoms with Crippen molar-refractivity contribution in [3.63, 3.8) is 0 Å². The Balaban J connectivity index is 2.91. The fourth-order valence-electron chi connectivity index (χ4n) is 3.24. The molecular formula is C18H32N4O6. The topological polar surface area (TPSA) is 140 Å². The van der Waals surface area contributed by atoms with Gasteiger partial charge < -0.3 is 30.7 Å². The largest absolute Gasteiger partial charge is 0.375 e. The quantitative estimate of drug-likeness (QED) is 0.419. The van der Waals surface area contributed by atoms with E-state index < -0.39 is 23.9 Å². The number of hydrogen-bond acceptors (Lipinski definition) is 6. The first-order chi connectivity index (χ1) is 13.2. The van der Waals surface area contributed by atoms with E-state index in [2.05, 4.69) is 10.6 Å². The summed E-state index contributed by atoms with van der Waals surface area (Å²) in [6.07, 6.45) is 1.12. The Bertz CT molecular complexity index is 568. The molecule has 1 saturated heterocycles. The summed E-state index contributed by atoms with van der Waals surface area (Å²) in [5.41, 5.74) is 5.41. The van der Waals surface area contributed by atoms with Crippen LogP contribution in [0.1, 0.15) is 33.1 Å². The van der Waals surface area contributed by atoms with E-state index in [9.17, 15) is 19.2 Å². The molecular weight excluding hydrogens is 368 g/mol. The summed E-state index contributed by atoms with van der Waals surface area (Å²) in [5, 5.41) is 5.46. The third-order valence-corrected chi connectivity index (χ3v) is 4.50. The van der Waals surface area contributed by atoms with Gasteiger partial charge in [0.2, 0.25) is 23.6 Å². The molecule has 1 aliphatic rings. The van der Waals surface area contributed by atoms with Crippen molar-refractivity contribution in [2.75, 3.05) is 34.0 Å². The number of carbonyl (C=O) groups is 4. The molecule has 1 heterocycles. The first kappa shape index (κ1) is 23.8. The minimum atomic E-state index is -0.835. The van der Waals surface area contributed by atoms with Crippen molar-refractivity contribution in [2.45, 2.75) is 51.2 Å². The zero-order chi connectivity index (χ0) is 21.3. The van der Waals surface area contributed by atoms with Crippen molar-refractivity contribution < 1.29 is 28.7 Å². The molecule has 160 valence electrons. The lowest BCUT2D eigenvalue weighted by molar-refractivity contribution is -0.146. The summed E-state index contributed by atoms with van der Waals surface area (Å²) in [5.74, 6) is -1.57. The minimum Gasteiger partial charge on any atom is -0.375 e. The monoisotopic (exact) mass is 400 g/mol. The molecule has 0 bridgehead atoms. The molecule has 28 heavy (non-hydrogen) atoms. The predicted octanol–water partition coefficient (Wildman–Crippen LogP) is -1.23. The lowest BCUT2D eigenvalue weighted by atomic mass is 9.95. The van der Waals surface area contributed by atoms with E-state index in [1.807, 2.05) is 13.8 Å². The molecule has 0 aromatic carbocycles. The number of primary amides is 1. The Morgan fingerprint density at radius 3 is 2.32 bits per heavy atom. The van der Waals surface area contributed by atoms with Gasteiger partial charge in [0.05, 0.1) is 0 Å². The van der Waals surface area contributed by atoms with Crippen molar-refractivity contribution in [1.82, 2.24) is 15.5 Å². The van der Waals surface area contributed by atoms with Gasteiger partial charge in [-0.05, 0) is 25.2 Å². The molecule has 1 aliphatic heterocycles. The number of nitrogens with two attached hydrogens (primary N) is 1. The number of rotatable bonds is 10. The lowest BCUT2D eigenvalue weighted by Crippen LogP contribution is -2.60. The molecule has 3 atom stereocenters. The molecule has 4 N–H and O–H groups in total. The zero-order valence-electron chi connectivity index (χ0n) is 17.0. The highest BCUT2D eigenvalue weighted by Crippen LogP contribution is 2.19. The van der Waals surface area contributed by atoms with Crippen LogP contribution in [-0.4, -0.2) is 80.6 Å². The van der Waals surface area contributed by atoms with Crippen LogP contribution in [0.2, 0.25) is 0 Å². The Labute approximate surface area is 165 Å². The number of likely N-dealkylation sites (tertiary alicyclic amines) is 1. The molecule has 10 nitrogen and oxygen atoms in total. The van der Waals surface area contributed by atoms with E-state index in [1.165, 1.54) is 19.1 Å². The number of carbonyl (C=O) groups excluding carboxylic acids is 4. The summed E-state index contributed by atoms with van der Waals surface area (Å²) in [6.45, 7) is 3.87. The molecule has 0 aromatic rings. The molecule has 1 rings (SSSR count). The highest BCUT2D eigenvalue weighted by atomic mass is 16.5. The van der Waals surface area contributed by atoms with Crippen LogP contribution in [0, 0.1) is 5.92 Å². The van der Waals surface area contributed by atoms with Gasteiger partial charge in [0, 0.05) is 26.8 Å². The third kappa shape index (κ3) is 7.43. The maximum Gasteiger partial charge on any atom is 0.249 e. The first-order valence-corrected chi connectivity index (χ1v) is 9.35. The third-order valence-electron chi connectivity index (χ3n) is 4.50. The van der Waals surface area contributed by atoms with Gasteiger partial charge in [0.1, 0.15) is 25.3 Å². The molecule has 0 unspecified atom stereocenters. The van der Waals surface area contributed by atoms with Gasteiger partial charge in [0.25, 0.3) is 0 Å². The smallest absolute Gasteiger partial charge is 0.249 e. The second-order valence-electron chi connectivity index (χ2n) is 7.35. The first-order valence-electron chi connectivity index (χ1n) is 9.35. The van der Waals surface area contributed by atoms with Gasteiger partial charge in [0.15, 0.2) is 0 Å². The van der Waals surface area contributed by atoms with Crippen molar-refractivity contribution in [3.8, 4) is 0 Å². The predicted molar refractivity (Wildman–Crippen MR) is 101 cm³/mol. The van der Waals surface area contributed by atoms with Crippen LogP contribution < -0.4 is 16.4 Å². The second-order valence-corrected chi connectivity index (χ2v) is 7.35. The summed E-state index contributed by atoms with van der Waals surface area (Å²) in [4.78, 5) is 50.1.